The standard InChI is InChI=1S/C11H11Cl2NO3/c1-6(15)14-11-9(12)2-7(3-10(11)13)16-4-8-5-17-8/h2-3,8H,4-5H2,1H3,(H,14,15)/t8-/m1/s1. The maximum absolute atomic E-state index is 10.9. The second kappa shape index (κ2) is 5.12. The summed E-state index contributed by atoms with van der Waals surface area (Å²) < 4.78 is 10.5. The summed E-state index contributed by atoms with van der Waals surface area (Å²) >= 11 is 12.0. The number of hydrogen-bond acceptors (Lipinski definition) is 3. The number of nitrogens with one attached hydrogen (secondary N) is 1. The van der Waals surface area contributed by atoms with E-state index < -0.39 is 0 Å². The molecule has 1 atom stereocenters. The summed E-state index contributed by atoms with van der Waals surface area (Å²) in [6.07, 6.45) is 0.169. The minimum absolute atomic E-state index is 0.169. The number of hydrogen-bond donors (Lipinski definition) is 1. The van der Waals surface area contributed by atoms with Crippen LogP contribution in [0.4, 0.5) is 5.69 Å². The van der Waals surface area contributed by atoms with Crippen molar-refractivity contribution in [1.82, 2.24) is 0 Å². The Morgan fingerprint density at radius 1 is 1.53 bits per heavy atom. The van der Waals surface area contributed by atoms with Crippen molar-refractivity contribution >= 4 is 34.8 Å². The molecule has 0 unspecified atom stereocenters. The van der Waals surface area contributed by atoms with E-state index in [9.17, 15) is 4.79 Å². The maximum atomic E-state index is 10.9. The van der Waals surface area contributed by atoms with E-state index >= 15 is 0 Å². The average Bonchev–Trinajstić information content (AvgIpc) is 3.04. The Bertz CT molecular complexity index is 423. The van der Waals surface area contributed by atoms with Gasteiger partial charge in [0.05, 0.1) is 22.3 Å². The van der Waals surface area contributed by atoms with E-state index in [1.165, 1.54) is 6.92 Å². The highest BCUT2D eigenvalue weighted by molar-refractivity contribution is 6.40. The average molecular weight is 276 g/mol. The fourth-order valence-corrected chi connectivity index (χ4v) is 1.84. The van der Waals surface area contributed by atoms with Gasteiger partial charge < -0.3 is 14.8 Å². The smallest absolute Gasteiger partial charge is 0.221 e. The number of carbonyl (C=O) groups excluding carboxylic acids is 1. The molecule has 0 radical (unpaired) electrons. The number of ether oxygens (including phenoxy) is 2. The van der Waals surface area contributed by atoms with Gasteiger partial charge in [-0.3, -0.25) is 4.79 Å². The quantitative estimate of drug-likeness (QED) is 0.860. The first-order chi connectivity index (χ1) is 8.06. The van der Waals surface area contributed by atoms with E-state index in [4.69, 9.17) is 32.7 Å². The van der Waals surface area contributed by atoms with Crippen molar-refractivity contribution < 1.29 is 14.3 Å². The fraction of sp³-hybridized carbons (Fsp3) is 0.364. The number of rotatable bonds is 4. The van der Waals surface area contributed by atoms with Gasteiger partial charge in [0, 0.05) is 19.1 Å². The minimum Gasteiger partial charge on any atom is -0.491 e. The summed E-state index contributed by atoms with van der Waals surface area (Å²) in [5, 5.41) is 3.26. The molecule has 0 saturated carbocycles. The normalized spacial score (nSPS) is 17.7. The van der Waals surface area contributed by atoms with Crippen LogP contribution in [0, 0.1) is 0 Å². The molecule has 2 rings (SSSR count). The number of carbonyl (C=O) groups is 1. The van der Waals surface area contributed by atoms with Crippen molar-refractivity contribution in [1.29, 1.82) is 0 Å². The number of amides is 1. The van der Waals surface area contributed by atoms with Crippen LogP contribution in [0.3, 0.4) is 0 Å². The molecule has 17 heavy (non-hydrogen) atoms. The zero-order chi connectivity index (χ0) is 12.4. The third-order valence-corrected chi connectivity index (χ3v) is 2.75. The lowest BCUT2D eigenvalue weighted by Crippen LogP contribution is -2.08. The summed E-state index contributed by atoms with van der Waals surface area (Å²) in [6, 6.07) is 3.22. The van der Waals surface area contributed by atoms with Crippen LogP contribution in [-0.2, 0) is 9.53 Å². The van der Waals surface area contributed by atoms with Crippen LogP contribution in [0.2, 0.25) is 10.0 Å². The van der Waals surface area contributed by atoms with Crippen molar-refractivity contribution in [2.24, 2.45) is 0 Å². The van der Waals surface area contributed by atoms with Crippen LogP contribution in [0.1, 0.15) is 6.92 Å². The SMILES string of the molecule is CC(=O)Nc1c(Cl)cc(OC[C@@H]2CO2)cc1Cl. The molecule has 1 amide bonds. The summed E-state index contributed by atoms with van der Waals surface area (Å²) in [5.74, 6) is 0.332. The topological polar surface area (TPSA) is 50.9 Å². The number of halogens is 2. The van der Waals surface area contributed by atoms with Crippen LogP contribution < -0.4 is 10.1 Å². The highest BCUT2D eigenvalue weighted by atomic mass is 35.5. The number of benzene rings is 1. The molecule has 4 nitrogen and oxygen atoms in total. The van der Waals surface area contributed by atoms with Crippen molar-refractivity contribution in [2.75, 3.05) is 18.5 Å². The van der Waals surface area contributed by atoms with Gasteiger partial charge in [-0.15, -0.1) is 0 Å². The first-order valence-electron chi connectivity index (χ1n) is 5.07. The van der Waals surface area contributed by atoms with Gasteiger partial charge in [0.1, 0.15) is 18.5 Å². The van der Waals surface area contributed by atoms with Gasteiger partial charge in [-0.25, -0.2) is 0 Å². The summed E-state index contributed by atoms with van der Waals surface area (Å²) in [6.45, 7) is 2.60. The van der Waals surface area contributed by atoms with Gasteiger partial charge in [0.2, 0.25) is 5.91 Å². The molecule has 1 heterocycles. The molecule has 1 N–H and O–H groups in total. The third kappa shape index (κ3) is 3.49. The van der Waals surface area contributed by atoms with Gasteiger partial charge >= 0.3 is 0 Å². The molecule has 1 aliphatic rings. The Labute approximate surface area is 109 Å². The van der Waals surface area contributed by atoms with Gasteiger partial charge in [-0.05, 0) is 0 Å². The Morgan fingerprint density at radius 3 is 2.59 bits per heavy atom. The molecule has 1 aliphatic heterocycles. The van der Waals surface area contributed by atoms with E-state index in [0.717, 1.165) is 6.61 Å². The summed E-state index contributed by atoms with van der Waals surface area (Å²) in [4.78, 5) is 10.9. The Balaban J connectivity index is 2.11. The molecule has 0 aromatic heterocycles. The first kappa shape index (κ1) is 12.5. The Hall–Kier alpha value is -0.970. The van der Waals surface area contributed by atoms with E-state index in [-0.39, 0.29) is 12.0 Å². The highest BCUT2D eigenvalue weighted by Gasteiger charge is 2.23. The van der Waals surface area contributed by atoms with Crippen LogP contribution >= 0.6 is 23.2 Å². The molecular formula is C11H11Cl2NO3. The van der Waals surface area contributed by atoms with Gasteiger partial charge in [-0.2, -0.15) is 0 Å². The maximum Gasteiger partial charge on any atom is 0.221 e. The minimum atomic E-state index is -0.228. The molecule has 1 aromatic carbocycles. The largest absolute Gasteiger partial charge is 0.491 e. The predicted molar refractivity (Wildman–Crippen MR) is 66.0 cm³/mol. The molecule has 92 valence electrons. The van der Waals surface area contributed by atoms with Crippen molar-refractivity contribution in [3.05, 3.63) is 22.2 Å². The molecule has 0 bridgehead atoms. The monoisotopic (exact) mass is 275 g/mol. The van der Waals surface area contributed by atoms with E-state index in [1.54, 1.807) is 12.1 Å². The molecule has 1 fully saturated rings. The third-order valence-electron chi connectivity index (χ3n) is 2.15. The molecule has 1 saturated heterocycles. The molecule has 0 aliphatic carbocycles. The van der Waals surface area contributed by atoms with E-state index in [0.29, 0.717) is 28.1 Å². The molecule has 1 aromatic rings. The summed E-state index contributed by atoms with van der Waals surface area (Å²) in [7, 11) is 0. The van der Waals surface area contributed by atoms with Crippen molar-refractivity contribution in [2.45, 2.75) is 13.0 Å². The lowest BCUT2D eigenvalue weighted by molar-refractivity contribution is -0.114. The van der Waals surface area contributed by atoms with Crippen molar-refractivity contribution in [3.63, 3.8) is 0 Å². The fourth-order valence-electron chi connectivity index (χ4n) is 1.28. The van der Waals surface area contributed by atoms with Crippen LogP contribution in [0.15, 0.2) is 12.1 Å². The number of epoxide rings is 1. The van der Waals surface area contributed by atoms with Gasteiger partial charge in [0.25, 0.3) is 0 Å². The van der Waals surface area contributed by atoms with Crippen LogP contribution in [0.25, 0.3) is 0 Å². The Morgan fingerprint density at radius 2 is 2.12 bits per heavy atom. The Kier molecular flexibility index (Phi) is 3.76. The zero-order valence-corrected chi connectivity index (χ0v) is 10.6. The second-order valence-electron chi connectivity index (χ2n) is 3.71. The van der Waals surface area contributed by atoms with Crippen molar-refractivity contribution in [3.8, 4) is 5.75 Å². The zero-order valence-electron chi connectivity index (χ0n) is 9.13. The predicted octanol–water partition coefficient (Wildman–Crippen LogP) is 2.73. The number of anilines is 1. The van der Waals surface area contributed by atoms with Gasteiger partial charge in [0.15, 0.2) is 0 Å². The van der Waals surface area contributed by atoms with E-state index in [2.05, 4.69) is 5.32 Å². The lowest BCUT2D eigenvalue weighted by atomic mass is 10.3. The molecule has 6 heteroatoms. The molecule has 0 spiro atoms. The lowest BCUT2D eigenvalue weighted by Gasteiger charge is -2.10. The van der Waals surface area contributed by atoms with Gasteiger partial charge in [-0.1, -0.05) is 23.2 Å². The first-order valence-corrected chi connectivity index (χ1v) is 5.83. The van der Waals surface area contributed by atoms with Crippen LogP contribution in [0.5, 0.6) is 5.75 Å². The van der Waals surface area contributed by atoms with Crippen LogP contribution in [-0.4, -0.2) is 25.2 Å². The van der Waals surface area contributed by atoms with E-state index in [1.807, 2.05) is 0 Å². The highest BCUT2D eigenvalue weighted by Crippen LogP contribution is 2.35. The molecular weight excluding hydrogens is 265 g/mol. The summed E-state index contributed by atoms with van der Waals surface area (Å²) in [5.41, 5.74) is 0.399. The second-order valence-corrected chi connectivity index (χ2v) is 4.52.